The summed E-state index contributed by atoms with van der Waals surface area (Å²) in [5, 5.41) is 0.275. The summed E-state index contributed by atoms with van der Waals surface area (Å²) in [5.74, 6) is 0.0328. The fourth-order valence-corrected chi connectivity index (χ4v) is 3.48. The normalized spacial score (nSPS) is 20.0. The molecule has 1 fully saturated rings. The molecule has 1 heterocycles. The molecule has 0 saturated carbocycles. The maximum atomic E-state index is 14.6. The van der Waals surface area contributed by atoms with Crippen LogP contribution in [0.2, 0.25) is 23.2 Å². The van der Waals surface area contributed by atoms with E-state index in [0.29, 0.717) is 11.2 Å². The molecule has 140 valence electrons. The Balaban J connectivity index is 2.40. The van der Waals surface area contributed by atoms with Crippen molar-refractivity contribution in [2.45, 2.75) is 77.8 Å². The minimum atomic E-state index is -2.10. The van der Waals surface area contributed by atoms with Crippen molar-refractivity contribution in [2.24, 2.45) is 0 Å². The maximum Gasteiger partial charge on any atom is 0.497 e. The Morgan fingerprint density at radius 3 is 2.00 bits per heavy atom. The minimum Gasteiger partial charge on any atom is -0.543 e. The highest BCUT2D eigenvalue weighted by Gasteiger charge is 2.52. The van der Waals surface area contributed by atoms with Crippen LogP contribution in [0.4, 0.5) is 4.39 Å². The van der Waals surface area contributed by atoms with Gasteiger partial charge < -0.3 is 13.7 Å². The first-order chi connectivity index (χ1) is 11.1. The van der Waals surface area contributed by atoms with Crippen molar-refractivity contribution in [3.63, 3.8) is 0 Å². The van der Waals surface area contributed by atoms with E-state index in [4.69, 9.17) is 25.3 Å². The Morgan fingerprint density at radius 2 is 1.56 bits per heavy atom. The van der Waals surface area contributed by atoms with E-state index in [1.165, 1.54) is 6.07 Å². The lowest BCUT2D eigenvalue weighted by molar-refractivity contribution is 0.00578. The van der Waals surface area contributed by atoms with E-state index in [0.717, 1.165) is 0 Å². The van der Waals surface area contributed by atoms with Gasteiger partial charge in [-0.1, -0.05) is 32.4 Å². The summed E-state index contributed by atoms with van der Waals surface area (Å²) >= 11 is 6.25. The van der Waals surface area contributed by atoms with E-state index >= 15 is 0 Å². The molecule has 0 spiro atoms. The zero-order valence-corrected chi connectivity index (χ0v) is 18.5. The van der Waals surface area contributed by atoms with Crippen molar-refractivity contribution < 1.29 is 18.1 Å². The molecule has 0 aliphatic carbocycles. The molecule has 1 aliphatic rings. The van der Waals surface area contributed by atoms with Crippen LogP contribution in [-0.2, 0) is 9.31 Å². The number of halogens is 2. The summed E-state index contributed by atoms with van der Waals surface area (Å²) in [6, 6.07) is 2.91. The average Bonchev–Trinajstić information content (AvgIpc) is 2.60. The molecule has 0 radical (unpaired) electrons. The highest BCUT2D eigenvalue weighted by atomic mass is 35.5. The van der Waals surface area contributed by atoms with Gasteiger partial charge in [0.05, 0.1) is 16.2 Å². The van der Waals surface area contributed by atoms with Gasteiger partial charge in [0, 0.05) is 5.46 Å². The first kappa shape index (κ1) is 20.8. The molecular formula is C18H29BClFO3Si. The minimum absolute atomic E-state index is 0.00915. The summed E-state index contributed by atoms with van der Waals surface area (Å²) in [6.07, 6.45) is 0. The van der Waals surface area contributed by atoms with E-state index in [-0.39, 0.29) is 10.1 Å². The van der Waals surface area contributed by atoms with Gasteiger partial charge in [0.15, 0.2) is 0 Å². The summed E-state index contributed by atoms with van der Waals surface area (Å²) in [4.78, 5) is 0. The third kappa shape index (κ3) is 3.92. The fraction of sp³-hybridized carbons (Fsp3) is 0.667. The van der Waals surface area contributed by atoms with E-state index in [1.54, 1.807) is 6.07 Å². The third-order valence-corrected chi connectivity index (χ3v) is 10.4. The molecule has 1 aliphatic heterocycles. The van der Waals surface area contributed by atoms with E-state index in [9.17, 15) is 4.39 Å². The van der Waals surface area contributed by atoms with Crippen LogP contribution in [0, 0.1) is 5.82 Å². The second-order valence-corrected chi connectivity index (χ2v) is 14.4. The lowest BCUT2D eigenvalue weighted by atomic mass is 9.78. The van der Waals surface area contributed by atoms with Crippen LogP contribution in [0.3, 0.4) is 0 Å². The molecule has 0 unspecified atom stereocenters. The molecule has 0 N–H and O–H groups in total. The Hall–Kier alpha value is -0.558. The summed E-state index contributed by atoms with van der Waals surface area (Å²) < 4.78 is 32.8. The molecule has 2 rings (SSSR count). The van der Waals surface area contributed by atoms with E-state index in [1.807, 2.05) is 27.7 Å². The quantitative estimate of drug-likeness (QED) is 0.671. The monoisotopic (exact) mass is 386 g/mol. The molecule has 7 heteroatoms. The van der Waals surface area contributed by atoms with Gasteiger partial charge in [-0.15, -0.1) is 0 Å². The molecule has 0 bridgehead atoms. The van der Waals surface area contributed by atoms with Crippen LogP contribution >= 0.6 is 11.6 Å². The second kappa shape index (κ2) is 6.26. The fourth-order valence-electron chi connectivity index (χ4n) is 2.20. The van der Waals surface area contributed by atoms with Crippen molar-refractivity contribution in [2.75, 3.05) is 0 Å². The van der Waals surface area contributed by atoms with Crippen LogP contribution in [0.5, 0.6) is 5.75 Å². The molecular weight excluding hydrogens is 358 g/mol. The predicted octanol–water partition coefficient (Wildman–Crippen LogP) is 5.16. The number of benzene rings is 1. The van der Waals surface area contributed by atoms with Crippen LogP contribution in [-0.4, -0.2) is 26.6 Å². The van der Waals surface area contributed by atoms with Gasteiger partial charge in [0.2, 0.25) is 0 Å². The Kier molecular flexibility index (Phi) is 5.19. The Morgan fingerprint density at radius 1 is 1.08 bits per heavy atom. The summed E-state index contributed by atoms with van der Waals surface area (Å²) in [6.45, 7) is 18.4. The van der Waals surface area contributed by atoms with Gasteiger partial charge in [-0.25, -0.2) is 4.39 Å². The van der Waals surface area contributed by atoms with Crippen molar-refractivity contribution in [1.82, 2.24) is 0 Å². The number of rotatable bonds is 3. The third-order valence-electron chi connectivity index (χ3n) is 5.73. The lowest BCUT2D eigenvalue weighted by Gasteiger charge is -2.36. The zero-order valence-electron chi connectivity index (χ0n) is 16.7. The maximum absolute atomic E-state index is 14.6. The van der Waals surface area contributed by atoms with Gasteiger partial charge in [-0.05, 0) is 58.0 Å². The molecule has 0 amide bonds. The standard InChI is InChI=1S/C18H29BClFO3Si/c1-16(2,3)25(8,9)22-15-10-12(14(21)11-13(15)20)19-23-17(4,5)18(6,7)24-19/h10-11H,1-9H3. The van der Waals surface area contributed by atoms with Crippen LogP contribution in [0.15, 0.2) is 12.1 Å². The van der Waals surface area contributed by atoms with Crippen LogP contribution < -0.4 is 9.89 Å². The molecule has 1 aromatic carbocycles. The van der Waals surface area contributed by atoms with E-state index < -0.39 is 32.5 Å². The van der Waals surface area contributed by atoms with Crippen molar-refractivity contribution in [3.05, 3.63) is 23.0 Å². The van der Waals surface area contributed by atoms with Gasteiger partial charge >= 0.3 is 7.12 Å². The van der Waals surface area contributed by atoms with Gasteiger partial charge in [0.25, 0.3) is 8.32 Å². The number of hydrogen-bond donors (Lipinski definition) is 0. The van der Waals surface area contributed by atoms with Gasteiger partial charge in [0.1, 0.15) is 11.6 Å². The first-order valence-electron chi connectivity index (χ1n) is 8.61. The Bertz CT molecular complexity index is 655. The largest absolute Gasteiger partial charge is 0.543 e. The Labute approximate surface area is 157 Å². The molecule has 1 saturated heterocycles. The van der Waals surface area contributed by atoms with Crippen molar-refractivity contribution in [1.29, 1.82) is 0 Å². The highest BCUT2D eigenvalue weighted by molar-refractivity contribution is 6.75. The highest BCUT2D eigenvalue weighted by Crippen LogP contribution is 2.40. The van der Waals surface area contributed by atoms with Crippen molar-refractivity contribution in [3.8, 4) is 5.75 Å². The van der Waals surface area contributed by atoms with E-state index in [2.05, 4.69) is 33.9 Å². The second-order valence-electron chi connectivity index (χ2n) is 9.25. The molecule has 0 aromatic heterocycles. The van der Waals surface area contributed by atoms with Gasteiger partial charge in [-0.2, -0.15) is 0 Å². The molecule has 3 nitrogen and oxygen atoms in total. The predicted molar refractivity (Wildman–Crippen MR) is 105 cm³/mol. The average molecular weight is 387 g/mol. The molecule has 0 atom stereocenters. The zero-order chi connectivity index (χ0) is 19.4. The van der Waals surface area contributed by atoms with Gasteiger partial charge in [-0.3, -0.25) is 0 Å². The number of hydrogen-bond acceptors (Lipinski definition) is 3. The van der Waals surface area contributed by atoms with Crippen LogP contribution in [0.25, 0.3) is 0 Å². The smallest absolute Gasteiger partial charge is 0.497 e. The molecule has 1 aromatic rings. The summed E-state index contributed by atoms with van der Waals surface area (Å²) in [7, 11) is -2.89. The lowest BCUT2D eigenvalue weighted by Crippen LogP contribution is -2.44. The summed E-state index contributed by atoms with van der Waals surface area (Å²) in [5.41, 5.74) is -0.759. The van der Waals surface area contributed by atoms with Crippen molar-refractivity contribution >= 4 is 32.5 Å². The first-order valence-corrected chi connectivity index (χ1v) is 11.9. The van der Waals surface area contributed by atoms with Crippen LogP contribution in [0.1, 0.15) is 48.5 Å². The SMILES string of the molecule is CC1(C)OB(c2cc(O[Si](C)(C)C(C)(C)C)c(Cl)cc2F)OC1(C)C. The topological polar surface area (TPSA) is 27.7 Å². The molecule has 25 heavy (non-hydrogen) atoms.